The first-order valence-corrected chi connectivity index (χ1v) is 12.0. The Labute approximate surface area is 178 Å². The zero-order chi connectivity index (χ0) is 20.7. The zero-order valence-electron chi connectivity index (χ0n) is 18.8. The number of rotatable bonds is 9. The van der Waals surface area contributed by atoms with E-state index in [0.29, 0.717) is 23.7 Å². The van der Waals surface area contributed by atoms with E-state index in [1.165, 1.54) is 25.7 Å². The minimum Gasteiger partial charge on any atom is -0.341 e. The third kappa shape index (κ3) is 6.49. The molecule has 4 atom stereocenters. The summed E-state index contributed by atoms with van der Waals surface area (Å²) in [4.78, 5) is 15.4. The Hall–Kier alpha value is -0.540. The van der Waals surface area contributed by atoms with E-state index >= 15 is 0 Å². The monoisotopic (exact) mass is 410 g/mol. The molecule has 1 aliphatic heterocycles. The molecule has 0 aromatic heterocycles. The number of nitrogens with one attached hydrogen (secondary N) is 1. The van der Waals surface area contributed by atoms with Gasteiger partial charge in [-0.15, -0.1) is 11.6 Å². The second-order valence-corrected chi connectivity index (χ2v) is 10.6. The lowest BCUT2D eigenvalue weighted by molar-refractivity contribution is -0.139. The highest BCUT2D eigenvalue weighted by Gasteiger charge is 2.42. The molecular weight excluding hydrogens is 368 g/mol. The highest BCUT2D eigenvalue weighted by molar-refractivity contribution is 6.21. The number of piperidine rings is 1. The standard InChI is InChI=1S/C24H43ClN2O/c1-6-7-8-9-15-26-22(18(2)3)23(28)27-16-14-21(24(4,5)17-27)19-10-12-20(25)13-11-19/h10,12,18-22,26H,6-9,11,13-17H2,1-5H3/t19?,20?,21-,22-/m1/s1. The molecule has 2 aliphatic rings. The van der Waals surface area contributed by atoms with Crippen LogP contribution in [0.4, 0.5) is 0 Å². The van der Waals surface area contributed by atoms with Crippen molar-refractivity contribution in [1.82, 2.24) is 10.2 Å². The van der Waals surface area contributed by atoms with Gasteiger partial charge in [0.2, 0.25) is 5.91 Å². The van der Waals surface area contributed by atoms with Gasteiger partial charge >= 0.3 is 0 Å². The summed E-state index contributed by atoms with van der Waals surface area (Å²) in [5.74, 6) is 1.87. The van der Waals surface area contributed by atoms with Crippen LogP contribution < -0.4 is 5.32 Å². The number of carbonyl (C=O) groups excluding carboxylic acids is 1. The van der Waals surface area contributed by atoms with Gasteiger partial charge in [-0.3, -0.25) is 4.79 Å². The first kappa shape index (κ1) is 23.7. The van der Waals surface area contributed by atoms with Crippen LogP contribution in [-0.4, -0.2) is 41.9 Å². The van der Waals surface area contributed by atoms with E-state index in [-0.39, 0.29) is 16.8 Å². The van der Waals surface area contributed by atoms with E-state index in [2.05, 4.69) is 57.0 Å². The number of hydrogen-bond acceptors (Lipinski definition) is 2. The molecule has 0 aromatic rings. The van der Waals surface area contributed by atoms with Crippen molar-refractivity contribution in [3.63, 3.8) is 0 Å². The fraction of sp³-hybridized carbons (Fsp3) is 0.875. The Balaban J connectivity index is 1.93. The molecule has 162 valence electrons. The van der Waals surface area contributed by atoms with Crippen molar-refractivity contribution in [2.75, 3.05) is 19.6 Å². The molecule has 2 rings (SSSR count). The molecule has 28 heavy (non-hydrogen) atoms. The van der Waals surface area contributed by atoms with Gasteiger partial charge in [0.25, 0.3) is 0 Å². The summed E-state index contributed by atoms with van der Waals surface area (Å²) >= 11 is 6.24. The number of unbranched alkanes of at least 4 members (excludes halogenated alkanes) is 3. The van der Waals surface area contributed by atoms with Crippen LogP contribution in [0.2, 0.25) is 0 Å². The summed E-state index contributed by atoms with van der Waals surface area (Å²) in [6.07, 6.45) is 12.8. The molecule has 1 aliphatic carbocycles. The van der Waals surface area contributed by atoms with Crippen LogP contribution >= 0.6 is 11.6 Å². The minimum absolute atomic E-state index is 0.0550. The minimum atomic E-state index is -0.0550. The lowest BCUT2D eigenvalue weighted by Gasteiger charge is -2.48. The number of allylic oxidation sites excluding steroid dienone is 2. The zero-order valence-corrected chi connectivity index (χ0v) is 19.6. The molecule has 0 aromatic carbocycles. The Morgan fingerprint density at radius 2 is 1.93 bits per heavy atom. The van der Waals surface area contributed by atoms with Crippen LogP contribution in [0.3, 0.4) is 0 Å². The molecule has 1 saturated heterocycles. The molecule has 0 saturated carbocycles. The van der Waals surface area contributed by atoms with Gasteiger partial charge in [0.15, 0.2) is 0 Å². The van der Waals surface area contributed by atoms with E-state index in [9.17, 15) is 4.79 Å². The maximum Gasteiger partial charge on any atom is 0.239 e. The largest absolute Gasteiger partial charge is 0.341 e. The van der Waals surface area contributed by atoms with Crippen molar-refractivity contribution < 1.29 is 4.79 Å². The third-order valence-electron chi connectivity index (χ3n) is 6.81. The van der Waals surface area contributed by atoms with Crippen LogP contribution in [0.15, 0.2) is 12.2 Å². The molecule has 3 nitrogen and oxygen atoms in total. The predicted molar refractivity (Wildman–Crippen MR) is 121 cm³/mol. The topological polar surface area (TPSA) is 32.3 Å². The Morgan fingerprint density at radius 1 is 1.18 bits per heavy atom. The van der Waals surface area contributed by atoms with Crippen LogP contribution in [0.1, 0.15) is 79.6 Å². The maximum absolute atomic E-state index is 13.3. The van der Waals surface area contributed by atoms with Gasteiger partial charge in [-0.2, -0.15) is 0 Å². The van der Waals surface area contributed by atoms with Gasteiger partial charge in [-0.1, -0.05) is 66.0 Å². The highest BCUT2D eigenvalue weighted by atomic mass is 35.5. The molecule has 1 fully saturated rings. The second kappa shape index (κ2) is 11.0. The van der Waals surface area contributed by atoms with Gasteiger partial charge in [0, 0.05) is 13.1 Å². The van der Waals surface area contributed by atoms with E-state index in [4.69, 9.17) is 11.6 Å². The molecule has 2 unspecified atom stereocenters. The van der Waals surface area contributed by atoms with Crippen molar-refractivity contribution in [3.8, 4) is 0 Å². The normalized spacial score (nSPS) is 28.5. The average molecular weight is 411 g/mol. The van der Waals surface area contributed by atoms with Crippen LogP contribution in [0.5, 0.6) is 0 Å². The van der Waals surface area contributed by atoms with Crippen LogP contribution in [0.25, 0.3) is 0 Å². The number of alkyl halides is 1. The number of halogens is 1. The highest BCUT2D eigenvalue weighted by Crippen LogP contribution is 2.43. The first-order valence-electron chi connectivity index (χ1n) is 11.6. The molecule has 1 heterocycles. The number of nitrogens with zero attached hydrogens (tertiary/aromatic N) is 1. The van der Waals surface area contributed by atoms with Crippen molar-refractivity contribution in [2.45, 2.75) is 91.0 Å². The SMILES string of the molecule is CCCCCCN[C@@H](C(=O)N1CC[C@H](C2C=CC(Cl)CC2)C(C)(C)C1)C(C)C. The van der Waals surface area contributed by atoms with Crippen molar-refractivity contribution in [2.24, 2.45) is 23.2 Å². The van der Waals surface area contributed by atoms with Crippen LogP contribution in [-0.2, 0) is 4.79 Å². The first-order chi connectivity index (χ1) is 13.3. The van der Waals surface area contributed by atoms with E-state index < -0.39 is 0 Å². The smallest absolute Gasteiger partial charge is 0.239 e. The van der Waals surface area contributed by atoms with Gasteiger partial charge in [0.1, 0.15) is 0 Å². The summed E-state index contributed by atoms with van der Waals surface area (Å²) in [6, 6.07) is -0.0550. The summed E-state index contributed by atoms with van der Waals surface area (Å²) < 4.78 is 0. The summed E-state index contributed by atoms with van der Waals surface area (Å²) in [6.45, 7) is 14.0. The Morgan fingerprint density at radius 3 is 2.50 bits per heavy atom. The lowest BCUT2D eigenvalue weighted by atomic mass is 9.65. The predicted octanol–water partition coefficient (Wildman–Crippen LogP) is 5.63. The fourth-order valence-corrected chi connectivity index (χ4v) is 5.32. The van der Waals surface area contributed by atoms with E-state index in [1.807, 2.05) is 0 Å². The van der Waals surface area contributed by atoms with Crippen molar-refractivity contribution in [3.05, 3.63) is 12.2 Å². The van der Waals surface area contributed by atoms with Crippen molar-refractivity contribution >= 4 is 17.5 Å². The maximum atomic E-state index is 13.3. The third-order valence-corrected chi connectivity index (χ3v) is 7.17. The number of carbonyl (C=O) groups is 1. The van der Waals surface area contributed by atoms with E-state index in [0.717, 1.165) is 38.9 Å². The summed E-state index contributed by atoms with van der Waals surface area (Å²) in [7, 11) is 0. The van der Waals surface area contributed by atoms with Gasteiger partial charge < -0.3 is 10.2 Å². The van der Waals surface area contributed by atoms with Gasteiger partial charge in [-0.25, -0.2) is 0 Å². The number of hydrogen-bond donors (Lipinski definition) is 1. The molecule has 1 N–H and O–H groups in total. The Bertz CT molecular complexity index is 517. The Kier molecular flexibility index (Phi) is 9.34. The molecule has 0 spiro atoms. The molecular formula is C24H43ClN2O. The van der Waals surface area contributed by atoms with Gasteiger partial charge in [0.05, 0.1) is 11.4 Å². The number of amides is 1. The second-order valence-electron chi connectivity index (χ2n) is 10.0. The molecule has 4 heteroatoms. The lowest BCUT2D eigenvalue weighted by Crippen LogP contribution is -2.56. The summed E-state index contributed by atoms with van der Waals surface area (Å²) in [5.41, 5.74) is 0.144. The van der Waals surface area contributed by atoms with Gasteiger partial charge in [-0.05, 0) is 55.4 Å². The fourth-order valence-electron chi connectivity index (χ4n) is 5.11. The molecule has 0 bridgehead atoms. The van der Waals surface area contributed by atoms with E-state index in [1.54, 1.807) is 0 Å². The van der Waals surface area contributed by atoms with Crippen LogP contribution in [0, 0.1) is 23.2 Å². The molecule has 1 amide bonds. The average Bonchev–Trinajstić information content (AvgIpc) is 2.64. The number of likely N-dealkylation sites (tertiary alicyclic amines) is 1. The quantitative estimate of drug-likeness (QED) is 0.303. The molecule has 0 radical (unpaired) electrons. The summed E-state index contributed by atoms with van der Waals surface area (Å²) in [5, 5.41) is 3.77. The van der Waals surface area contributed by atoms with Crippen molar-refractivity contribution in [1.29, 1.82) is 0 Å².